The van der Waals surface area contributed by atoms with Gasteiger partial charge in [0.15, 0.2) is 5.82 Å². The van der Waals surface area contributed by atoms with Crippen LogP contribution in [0.5, 0.6) is 0 Å². The average Bonchev–Trinajstić information content (AvgIpc) is 3.15. The van der Waals surface area contributed by atoms with Gasteiger partial charge in [0.25, 0.3) is 0 Å². The second kappa shape index (κ2) is 6.55. The number of aromatic amines is 1. The minimum absolute atomic E-state index is 0.0195. The summed E-state index contributed by atoms with van der Waals surface area (Å²) in [5.41, 5.74) is 1.02. The number of nitrogens with one attached hydrogen (secondary N) is 1. The summed E-state index contributed by atoms with van der Waals surface area (Å²) in [4.78, 5) is 1.23. The fourth-order valence-electron chi connectivity index (χ4n) is 2.22. The van der Waals surface area contributed by atoms with Gasteiger partial charge in [-0.3, -0.25) is 5.10 Å². The zero-order valence-electron chi connectivity index (χ0n) is 11.7. The van der Waals surface area contributed by atoms with Gasteiger partial charge in [-0.05, 0) is 49.0 Å². The molecule has 110 valence electrons. The number of H-pyrrole nitrogens is 1. The van der Waals surface area contributed by atoms with Crippen molar-refractivity contribution in [2.45, 2.75) is 23.8 Å². The predicted octanol–water partition coefficient (Wildman–Crippen LogP) is 3.40. The first-order valence-corrected chi connectivity index (χ1v) is 8.38. The van der Waals surface area contributed by atoms with Gasteiger partial charge in [-0.1, -0.05) is 12.1 Å². The van der Waals surface area contributed by atoms with Crippen LogP contribution in [0.4, 0.5) is 0 Å². The smallest absolute Gasteiger partial charge is 0.216 e. The zero-order valence-corrected chi connectivity index (χ0v) is 13.3. The van der Waals surface area contributed by atoms with Crippen molar-refractivity contribution in [3.05, 3.63) is 40.4 Å². The van der Waals surface area contributed by atoms with Crippen molar-refractivity contribution < 1.29 is 4.74 Å². The highest BCUT2D eigenvalue weighted by molar-refractivity contribution is 7.98. The van der Waals surface area contributed by atoms with Crippen LogP contribution in [0.1, 0.15) is 30.3 Å². The molecule has 21 heavy (non-hydrogen) atoms. The lowest BCUT2D eigenvalue weighted by atomic mass is 10.2. The van der Waals surface area contributed by atoms with E-state index in [1.54, 1.807) is 22.7 Å². The van der Waals surface area contributed by atoms with E-state index in [1.807, 2.05) is 12.1 Å². The predicted molar refractivity (Wildman–Crippen MR) is 86.6 cm³/mol. The topological polar surface area (TPSA) is 55.2 Å². The normalized spacial score (nSPS) is 18.6. The molecular weight excluding hydrogens is 304 g/mol. The van der Waals surface area contributed by atoms with E-state index in [0.717, 1.165) is 30.8 Å². The molecule has 0 amide bonds. The summed E-state index contributed by atoms with van der Waals surface area (Å²) in [5, 5.41) is 11.5. The van der Waals surface area contributed by atoms with E-state index in [2.05, 4.69) is 33.7 Å². The molecule has 0 unspecified atom stereocenters. The first-order chi connectivity index (χ1) is 10.3. The lowest BCUT2D eigenvalue weighted by molar-refractivity contribution is 0.102. The van der Waals surface area contributed by atoms with E-state index in [-0.39, 0.29) is 6.10 Å². The fraction of sp³-hybridized carbons (Fsp3) is 0.357. The summed E-state index contributed by atoms with van der Waals surface area (Å²) in [6, 6.07) is 8.21. The zero-order chi connectivity index (χ0) is 14.7. The highest BCUT2D eigenvalue weighted by Gasteiger charge is 2.23. The Morgan fingerprint density at radius 2 is 2.29 bits per heavy atom. The van der Waals surface area contributed by atoms with E-state index in [4.69, 9.17) is 17.0 Å². The first kappa shape index (κ1) is 14.5. The third-order valence-electron chi connectivity index (χ3n) is 3.33. The van der Waals surface area contributed by atoms with Crippen molar-refractivity contribution in [2.24, 2.45) is 5.10 Å². The molecule has 0 radical (unpaired) electrons. The summed E-state index contributed by atoms with van der Waals surface area (Å²) in [5.74, 6) is 0.745. The van der Waals surface area contributed by atoms with Crippen molar-refractivity contribution in [2.75, 3.05) is 12.9 Å². The molecule has 7 heteroatoms. The van der Waals surface area contributed by atoms with Crippen LogP contribution in [0, 0.1) is 4.77 Å². The van der Waals surface area contributed by atoms with Gasteiger partial charge in [-0.25, -0.2) is 0 Å². The molecule has 5 nitrogen and oxygen atoms in total. The van der Waals surface area contributed by atoms with Crippen LogP contribution >= 0.6 is 24.0 Å². The number of benzene rings is 1. The van der Waals surface area contributed by atoms with E-state index in [9.17, 15) is 0 Å². The molecule has 1 aliphatic heterocycles. The minimum atomic E-state index is -0.0195. The van der Waals surface area contributed by atoms with Gasteiger partial charge in [0.05, 0.1) is 6.21 Å². The average molecular weight is 320 g/mol. The first-order valence-electron chi connectivity index (χ1n) is 6.75. The van der Waals surface area contributed by atoms with E-state index >= 15 is 0 Å². The molecule has 0 bridgehead atoms. The van der Waals surface area contributed by atoms with Gasteiger partial charge < -0.3 is 4.74 Å². The van der Waals surface area contributed by atoms with Crippen LogP contribution < -0.4 is 0 Å². The molecule has 2 aromatic rings. The van der Waals surface area contributed by atoms with Crippen LogP contribution in [-0.4, -0.2) is 34.0 Å². The molecule has 1 aliphatic rings. The summed E-state index contributed by atoms with van der Waals surface area (Å²) in [6.45, 7) is 0.768. The molecule has 1 aromatic carbocycles. The van der Waals surface area contributed by atoms with Crippen molar-refractivity contribution in [3.8, 4) is 0 Å². The molecule has 1 saturated heterocycles. The molecule has 1 fully saturated rings. The lowest BCUT2D eigenvalue weighted by Crippen LogP contribution is -2.05. The maximum atomic E-state index is 5.65. The van der Waals surface area contributed by atoms with Crippen LogP contribution in [0.3, 0.4) is 0 Å². The quantitative estimate of drug-likeness (QED) is 0.533. The summed E-state index contributed by atoms with van der Waals surface area (Å²) in [7, 11) is 0. The van der Waals surface area contributed by atoms with Gasteiger partial charge in [-0.15, -0.1) is 11.8 Å². The second-order valence-electron chi connectivity index (χ2n) is 4.72. The number of ether oxygens (including phenoxy) is 1. The van der Waals surface area contributed by atoms with E-state index in [1.165, 1.54) is 4.90 Å². The summed E-state index contributed by atoms with van der Waals surface area (Å²) >= 11 is 6.95. The Bertz CT molecular complexity index is 684. The molecule has 0 aliphatic carbocycles. The monoisotopic (exact) mass is 320 g/mol. The Labute approximate surface area is 132 Å². The maximum Gasteiger partial charge on any atom is 0.216 e. The molecule has 0 spiro atoms. The molecule has 0 saturated carbocycles. The standard InChI is InChI=1S/C14H16N4OS2/c1-21-11-6-4-10(5-7-11)9-15-18-13(16-17-14(18)20)12-3-2-8-19-12/h4-7,9,12H,2-3,8H2,1H3,(H,17,20)/b15-9-/t12-/m0/s1. The highest BCUT2D eigenvalue weighted by atomic mass is 32.2. The molecular formula is C14H16N4OS2. The van der Waals surface area contributed by atoms with Crippen molar-refractivity contribution >= 4 is 30.2 Å². The SMILES string of the molecule is CSc1ccc(/C=N\n2c([C@@H]3CCCO3)n[nH]c2=S)cc1. The highest BCUT2D eigenvalue weighted by Crippen LogP contribution is 2.26. The van der Waals surface area contributed by atoms with Gasteiger partial charge in [0.1, 0.15) is 6.10 Å². The van der Waals surface area contributed by atoms with Crippen molar-refractivity contribution in [1.29, 1.82) is 0 Å². The molecule has 2 heterocycles. The third-order valence-corrected chi connectivity index (χ3v) is 4.34. The number of rotatable bonds is 4. The number of hydrogen-bond acceptors (Lipinski definition) is 5. The molecule has 1 atom stereocenters. The van der Waals surface area contributed by atoms with Crippen LogP contribution in [0.15, 0.2) is 34.3 Å². The number of aromatic nitrogens is 3. The molecule has 3 rings (SSSR count). The molecule has 1 aromatic heterocycles. The molecule has 1 N–H and O–H groups in total. The van der Waals surface area contributed by atoms with Crippen molar-refractivity contribution in [1.82, 2.24) is 14.9 Å². The largest absolute Gasteiger partial charge is 0.370 e. The third kappa shape index (κ3) is 3.25. The van der Waals surface area contributed by atoms with Gasteiger partial charge in [-0.2, -0.15) is 14.9 Å². The van der Waals surface area contributed by atoms with E-state index < -0.39 is 0 Å². The van der Waals surface area contributed by atoms with Crippen LogP contribution in [-0.2, 0) is 4.74 Å². The van der Waals surface area contributed by atoms with Gasteiger partial charge in [0, 0.05) is 11.5 Å². The fourth-order valence-corrected chi connectivity index (χ4v) is 2.81. The Hall–Kier alpha value is -1.44. The maximum absolute atomic E-state index is 5.65. The van der Waals surface area contributed by atoms with Crippen LogP contribution in [0.25, 0.3) is 0 Å². The van der Waals surface area contributed by atoms with Crippen molar-refractivity contribution in [3.63, 3.8) is 0 Å². The summed E-state index contributed by atoms with van der Waals surface area (Å²) in [6.07, 6.45) is 5.83. The Morgan fingerprint density at radius 3 is 2.95 bits per heavy atom. The van der Waals surface area contributed by atoms with E-state index in [0.29, 0.717) is 4.77 Å². The Kier molecular flexibility index (Phi) is 4.52. The Morgan fingerprint density at radius 1 is 1.48 bits per heavy atom. The van der Waals surface area contributed by atoms with Crippen LogP contribution in [0.2, 0.25) is 0 Å². The second-order valence-corrected chi connectivity index (χ2v) is 5.98. The van der Waals surface area contributed by atoms with Gasteiger partial charge >= 0.3 is 0 Å². The number of hydrogen-bond donors (Lipinski definition) is 1. The Balaban J connectivity index is 1.84. The number of nitrogens with zero attached hydrogens (tertiary/aromatic N) is 3. The van der Waals surface area contributed by atoms with Gasteiger partial charge in [0.2, 0.25) is 4.77 Å². The lowest BCUT2D eigenvalue weighted by Gasteiger charge is -2.07. The summed E-state index contributed by atoms with van der Waals surface area (Å²) < 4.78 is 7.78. The number of thioether (sulfide) groups is 1. The minimum Gasteiger partial charge on any atom is -0.370 e.